The summed E-state index contributed by atoms with van der Waals surface area (Å²) < 4.78 is 53.5. The number of carboxylic acids is 1. The molecule has 0 saturated carbocycles. The summed E-state index contributed by atoms with van der Waals surface area (Å²) in [6.07, 6.45) is -3.56. The number of carbonyl (C=O) groups excluding carboxylic acids is 1. The minimum Gasteiger partial charge on any atom is -0.485 e. The fourth-order valence-electron chi connectivity index (χ4n) is 3.68. The second-order valence-electron chi connectivity index (χ2n) is 8.52. The Balaban J connectivity index is 1.56. The Morgan fingerprint density at radius 3 is 2.42 bits per heavy atom. The summed E-state index contributed by atoms with van der Waals surface area (Å²) in [5, 5.41) is 9.06. The van der Waals surface area contributed by atoms with Gasteiger partial charge in [0.1, 0.15) is 29.3 Å². The van der Waals surface area contributed by atoms with Crippen molar-refractivity contribution in [2.45, 2.75) is 26.0 Å². The lowest BCUT2D eigenvalue weighted by atomic mass is 10.1. The topological polar surface area (TPSA) is 85.3 Å². The van der Waals surface area contributed by atoms with E-state index in [2.05, 4.69) is 4.74 Å². The first-order valence-corrected chi connectivity index (χ1v) is 13.0. The molecule has 12 heteroatoms. The first-order valence-electron chi connectivity index (χ1n) is 11.8. The Labute approximate surface area is 237 Å². The van der Waals surface area contributed by atoms with E-state index >= 15 is 0 Å². The summed E-state index contributed by atoms with van der Waals surface area (Å²) in [5.74, 6) is -1.28. The Hall–Kier alpha value is -4.03. The molecule has 7 nitrogen and oxygen atoms in total. The molecular formula is C28H22F3NO6S2. The van der Waals surface area contributed by atoms with Gasteiger partial charge in [0.25, 0.3) is 5.91 Å². The summed E-state index contributed by atoms with van der Waals surface area (Å²) in [4.78, 5) is 25.1. The Morgan fingerprint density at radius 2 is 1.77 bits per heavy atom. The van der Waals surface area contributed by atoms with Crippen LogP contribution >= 0.6 is 24.0 Å². The number of benzene rings is 3. The van der Waals surface area contributed by atoms with E-state index in [-0.39, 0.29) is 27.7 Å². The molecule has 3 aromatic rings. The van der Waals surface area contributed by atoms with Gasteiger partial charge in [0.05, 0.1) is 4.91 Å². The molecule has 1 aliphatic rings. The summed E-state index contributed by atoms with van der Waals surface area (Å²) in [5.41, 5.74) is 2.10. The predicted octanol–water partition coefficient (Wildman–Crippen LogP) is 6.59. The van der Waals surface area contributed by atoms with Gasteiger partial charge in [0.2, 0.25) is 0 Å². The summed E-state index contributed by atoms with van der Waals surface area (Å²) in [6, 6.07) is 19.8. The van der Waals surface area contributed by atoms with E-state index in [1.807, 2.05) is 37.3 Å². The zero-order valence-corrected chi connectivity index (χ0v) is 22.5. The van der Waals surface area contributed by atoms with Crippen LogP contribution in [-0.4, -0.2) is 39.1 Å². The molecule has 1 amide bonds. The molecular weight excluding hydrogens is 567 g/mol. The summed E-state index contributed by atoms with van der Waals surface area (Å²) >= 11 is 6.16. The van der Waals surface area contributed by atoms with Gasteiger partial charge in [-0.05, 0) is 54.0 Å². The van der Waals surface area contributed by atoms with Crippen LogP contribution in [0.3, 0.4) is 0 Å². The normalized spacial score (nSPS) is 15.3. The summed E-state index contributed by atoms with van der Waals surface area (Å²) in [7, 11) is 0. The lowest BCUT2D eigenvalue weighted by Gasteiger charge is -2.19. The van der Waals surface area contributed by atoms with E-state index in [9.17, 15) is 22.8 Å². The number of alkyl halides is 3. The number of thioether (sulfide) groups is 1. The first kappa shape index (κ1) is 29.0. The second kappa shape index (κ2) is 12.4. The molecule has 1 atom stereocenters. The monoisotopic (exact) mass is 589 g/mol. The smallest absolute Gasteiger partial charge is 0.485 e. The van der Waals surface area contributed by atoms with Gasteiger partial charge in [-0.15, -0.1) is 13.2 Å². The number of aliphatic carboxylic acids is 1. The molecule has 1 fully saturated rings. The third kappa shape index (κ3) is 7.76. The van der Waals surface area contributed by atoms with Gasteiger partial charge >= 0.3 is 12.3 Å². The maximum Gasteiger partial charge on any atom is 0.573 e. The molecule has 0 bridgehead atoms. The predicted molar refractivity (Wildman–Crippen MR) is 147 cm³/mol. The molecule has 0 aromatic heterocycles. The maximum atomic E-state index is 12.7. The van der Waals surface area contributed by atoms with Crippen molar-refractivity contribution < 1.29 is 42.1 Å². The number of carbonyl (C=O) groups is 2. The van der Waals surface area contributed by atoms with E-state index in [0.717, 1.165) is 22.2 Å². The van der Waals surface area contributed by atoms with Gasteiger partial charge in [0.15, 0.2) is 11.5 Å². The number of thiocarbonyl (C=S) groups is 1. The molecule has 40 heavy (non-hydrogen) atoms. The molecule has 0 aliphatic carbocycles. The van der Waals surface area contributed by atoms with E-state index < -0.39 is 24.8 Å². The number of rotatable bonds is 10. The molecule has 0 unspecified atom stereocenters. The Morgan fingerprint density at radius 1 is 1.07 bits per heavy atom. The lowest BCUT2D eigenvalue weighted by Crippen LogP contribution is -2.33. The molecule has 1 saturated heterocycles. The van der Waals surface area contributed by atoms with Gasteiger partial charge in [-0.2, -0.15) is 0 Å². The minimum absolute atomic E-state index is 0.0373. The van der Waals surface area contributed by atoms with Crippen molar-refractivity contribution in [3.05, 3.63) is 94.4 Å². The van der Waals surface area contributed by atoms with Gasteiger partial charge in [-0.25, -0.2) is 0 Å². The average Bonchev–Trinajstić information content (AvgIpc) is 3.15. The van der Waals surface area contributed by atoms with Crippen molar-refractivity contribution in [1.29, 1.82) is 0 Å². The van der Waals surface area contributed by atoms with Crippen LogP contribution in [0.1, 0.15) is 29.7 Å². The molecule has 208 valence electrons. The van der Waals surface area contributed by atoms with E-state index in [4.69, 9.17) is 26.8 Å². The SMILES string of the molecule is C[C@@H](Oc1cc(/C=C2\SC(=S)N(CC(=O)O)C2=O)ccc1OCc1ccc(OC(F)(F)F)cc1)c1ccccc1. The third-order valence-electron chi connectivity index (χ3n) is 5.56. The molecule has 0 spiro atoms. The number of hydrogen-bond donors (Lipinski definition) is 1. The number of nitrogens with zero attached hydrogens (tertiary/aromatic N) is 1. The molecule has 1 N–H and O–H groups in total. The largest absolute Gasteiger partial charge is 0.573 e. The van der Waals surface area contributed by atoms with Crippen molar-refractivity contribution in [3.8, 4) is 17.2 Å². The fourth-order valence-corrected chi connectivity index (χ4v) is 4.93. The molecule has 3 aromatic carbocycles. The van der Waals surface area contributed by atoms with Gasteiger partial charge in [0, 0.05) is 0 Å². The fraction of sp³-hybridized carbons (Fsp3) is 0.179. The van der Waals surface area contributed by atoms with Crippen molar-refractivity contribution in [3.63, 3.8) is 0 Å². The van der Waals surface area contributed by atoms with Gasteiger partial charge < -0.3 is 19.3 Å². The Kier molecular flexibility index (Phi) is 9.00. The number of amides is 1. The van der Waals surface area contributed by atoms with E-state index in [1.165, 1.54) is 24.3 Å². The van der Waals surface area contributed by atoms with Crippen LogP contribution in [0.2, 0.25) is 0 Å². The van der Waals surface area contributed by atoms with Crippen LogP contribution in [0.4, 0.5) is 13.2 Å². The van der Waals surface area contributed by atoms with Crippen LogP contribution in [0.15, 0.2) is 77.7 Å². The Bertz CT molecular complexity index is 1430. The van der Waals surface area contributed by atoms with Crippen molar-refractivity contribution in [1.82, 2.24) is 4.90 Å². The zero-order chi connectivity index (χ0) is 28.9. The van der Waals surface area contributed by atoms with Crippen molar-refractivity contribution in [2.24, 2.45) is 0 Å². The van der Waals surface area contributed by atoms with Gasteiger partial charge in [-0.1, -0.05) is 72.5 Å². The molecule has 1 aliphatic heterocycles. The lowest BCUT2D eigenvalue weighted by molar-refractivity contribution is -0.274. The molecule has 4 rings (SSSR count). The maximum absolute atomic E-state index is 12.7. The van der Waals surface area contributed by atoms with Crippen LogP contribution in [0.5, 0.6) is 17.2 Å². The van der Waals surface area contributed by atoms with Crippen molar-refractivity contribution in [2.75, 3.05) is 6.54 Å². The van der Waals surface area contributed by atoms with Crippen LogP contribution in [0.25, 0.3) is 6.08 Å². The van der Waals surface area contributed by atoms with E-state index in [0.29, 0.717) is 22.6 Å². The van der Waals surface area contributed by atoms with Crippen LogP contribution < -0.4 is 14.2 Å². The van der Waals surface area contributed by atoms with E-state index in [1.54, 1.807) is 24.3 Å². The standard InChI is InChI=1S/C28H22F3NO6S2/c1-17(20-5-3-2-4-6-20)37-23-13-19(14-24-26(35)32(15-25(33)34)27(39)40-24)9-12-22(23)36-16-18-7-10-21(11-8-18)38-28(29,30)31/h2-14,17H,15-16H2,1H3,(H,33,34)/b24-14-/t17-/m1/s1. The molecule has 1 heterocycles. The van der Waals surface area contributed by atoms with Gasteiger partial charge in [-0.3, -0.25) is 14.5 Å². The highest BCUT2D eigenvalue weighted by atomic mass is 32.2. The zero-order valence-electron chi connectivity index (χ0n) is 20.9. The molecule has 0 radical (unpaired) electrons. The minimum atomic E-state index is -4.78. The highest BCUT2D eigenvalue weighted by molar-refractivity contribution is 8.26. The highest BCUT2D eigenvalue weighted by Crippen LogP contribution is 2.37. The van der Waals surface area contributed by atoms with Crippen molar-refractivity contribution >= 4 is 46.3 Å². The quantitative estimate of drug-likeness (QED) is 0.210. The van der Waals surface area contributed by atoms with Crippen LogP contribution in [0, 0.1) is 0 Å². The first-order chi connectivity index (χ1) is 19.0. The number of carboxylic acid groups (broad SMARTS) is 1. The number of hydrogen-bond acceptors (Lipinski definition) is 7. The van der Waals surface area contributed by atoms with Crippen LogP contribution in [-0.2, 0) is 16.2 Å². The number of halogens is 3. The highest BCUT2D eigenvalue weighted by Gasteiger charge is 2.33. The average molecular weight is 590 g/mol. The second-order valence-corrected chi connectivity index (χ2v) is 10.2. The summed E-state index contributed by atoms with van der Waals surface area (Å²) in [6.45, 7) is 1.37. The number of ether oxygens (including phenoxy) is 3. The third-order valence-corrected chi connectivity index (χ3v) is 6.93.